The summed E-state index contributed by atoms with van der Waals surface area (Å²) in [5.41, 5.74) is 2.94. The number of ether oxygens (including phenoxy) is 5. The van der Waals surface area contributed by atoms with E-state index in [2.05, 4.69) is 18.7 Å². The van der Waals surface area contributed by atoms with Crippen LogP contribution in [-0.4, -0.2) is 114 Å². The minimum absolute atomic E-state index is 0.0128. The zero-order valence-corrected chi connectivity index (χ0v) is 39.6. The summed E-state index contributed by atoms with van der Waals surface area (Å²) in [5, 5.41) is 46.0. The number of oxime groups is 1. The predicted molar refractivity (Wildman–Crippen MR) is 260 cm³/mol. The summed E-state index contributed by atoms with van der Waals surface area (Å²) < 4.78 is 32.9. The van der Waals surface area contributed by atoms with Gasteiger partial charge in [0.15, 0.2) is 0 Å². The van der Waals surface area contributed by atoms with E-state index in [1.807, 2.05) is 42.7 Å². The fourth-order valence-corrected chi connectivity index (χ4v) is 10.5. The Bertz CT molecular complexity index is 2230. The first-order valence-corrected chi connectivity index (χ1v) is 25.1. The van der Waals surface area contributed by atoms with Gasteiger partial charge in [0.05, 0.1) is 49.6 Å². The van der Waals surface area contributed by atoms with Crippen LogP contribution in [0.1, 0.15) is 81.3 Å². The number of nitrogens with zero attached hydrogens (tertiary/aromatic N) is 3. The first kappa shape index (κ1) is 50.8. The Labute approximate surface area is 402 Å². The molecule has 3 N–H and O–H groups in total. The number of aliphatic hydroxyl groups is 3. The number of nitro groups is 1. The van der Waals surface area contributed by atoms with Crippen LogP contribution in [0.2, 0.25) is 0 Å². The standard InChI is InChI=1S/C52H65N3O12S/c1-3-29-64-52-47(54(25-31-62-32-28-58)48(59)24-15-36-13-16-38(17-14-36)55(60)61)35-45(53-67-49-12-6-9-30-63-49)43-33-37(10-4-7-26-56)42(11-5-8-27-57)50(51(43)52)44-34-40(20-23-46(44)66-52)65-39-18-21-41(68-2)22-19-39/h3,13-24,33-34,37,42,47,49-51,56-58H,1,4-12,25-32,35H2,2H3/t37-,42+,47-,49?,50+,51+,52+/m0/s1. The molecule has 1 unspecified atom stereocenters. The average Bonchev–Trinajstić information content (AvgIpc) is 3.36. The van der Waals surface area contributed by atoms with Crippen LogP contribution in [0, 0.1) is 27.9 Å². The molecule has 7 rings (SSSR count). The minimum Gasteiger partial charge on any atom is -0.459 e. The Morgan fingerprint density at radius 3 is 2.44 bits per heavy atom. The average molecular weight is 956 g/mol. The van der Waals surface area contributed by atoms with Gasteiger partial charge in [0, 0.05) is 67.2 Å². The van der Waals surface area contributed by atoms with Crippen LogP contribution in [0.25, 0.3) is 6.08 Å². The molecule has 4 aliphatic rings. The highest BCUT2D eigenvalue weighted by Crippen LogP contribution is 2.62. The van der Waals surface area contributed by atoms with Crippen molar-refractivity contribution in [2.45, 2.75) is 93.1 Å². The van der Waals surface area contributed by atoms with Crippen LogP contribution < -0.4 is 9.47 Å². The molecule has 0 radical (unpaired) electrons. The fourth-order valence-electron chi connectivity index (χ4n) is 10.1. The Kier molecular flexibility index (Phi) is 18.7. The number of carbonyl (C=O) groups excluding carboxylic acids is 1. The molecule has 16 heteroatoms. The number of thioether (sulfide) groups is 1. The van der Waals surface area contributed by atoms with Crippen molar-refractivity contribution in [2.75, 3.05) is 59.0 Å². The molecule has 15 nitrogen and oxygen atoms in total. The summed E-state index contributed by atoms with van der Waals surface area (Å²) in [6.45, 7) is 4.81. The predicted octanol–water partition coefficient (Wildman–Crippen LogP) is 8.82. The molecule has 366 valence electrons. The minimum atomic E-state index is -1.53. The van der Waals surface area contributed by atoms with Gasteiger partial charge in [-0.2, -0.15) is 0 Å². The van der Waals surface area contributed by atoms with Crippen molar-refractivity contribution < 1.29 is 53.6 Å². The van der Waals surface area contributed by atoms with E-state index < -0.39 is 34.9 Å². The quantitative estimate of drug-likeness (QED) is 0.0182. The van der Waals surface area contributed by atoms with Gasteiger partial charge in [0.2, 0.25) is 18.0 Å². The summed E-state index contributed by atoms with van der Waals surface area (Å²) in [6, 6.07) is 18.9. The van der Waals surface area contributed by atoms with Crippen LogP contribution in [-0.2, 0) is 23.8 Å². The Balaban J connectivity index is 1.42. The Morgan fingerprint density at radius 2 is 1.75 bits per heavy atom. The number of hydrogen-bond acceptors (Lipinski definition) is 14. The molecule has 7 atom stereocenters. The van der Waals surface area contributed by atoms with E-state index in [0.29, 0.717) is 54.4 Å². The van der Waals surface area contributed by atoms with Gasteiger partial charge in [-0.15, -0.1) is 18.3 Å². The third-order valence-electron chi connectivity index (χ3n) is 13.3. The lowest BCUT2D eigenvalue weighted by molar-refractivity contribution is -0.384. The van der Waals surface area contributed by atoms with E-state index in [1.165, 1.54) is 18.2 Å². The molecule has 0 bridgehead atoms. The number of rotatable bonds is 25. The second kappa shape index (κ2) is 25.0. The van der Waals surface area contributed by atoms with Crippen LogP contribution >= 0.6 is 11.8 Å². The molecular formula is C52H65N3O12S. The lowest BCUT2D eigenvalue weighted by atomic mass is 9.55. The normalized spacial score (nSPS) is 24.6. The fraction of sp³-hybridized carbons (Fsp3) is 0.500. The Hall–Kier alpha value is -5.07. The molecule has 3 aromatic carbocycles. The van der Waals surface area contributed by atoms with Crippen molar-refractivity contribution in [3.63, 3.8) is 0 Å². The van der Waals surface area contributed by atoms with Crippen molar-refractivity contribution in [2.24, 2.45) is 22.9 Å². The number of amides is 1. The molecule has 0 aromatic heterocycles. The van der Waals surface area contributed by atoms with Gasteiger partial charge in [0.25, 0.3) is 5.69 Å². The summed E-state index contributed by atoms with van der Waals surface area (Å²) in [4.78, 5) is 35.0. The van der Waals surface area contributed by atoms with Gasteiger partial charge in [-0.1, -0.05) is 30.1 Å². The molecule has 2 fully saturated rings. The summed E-state index contributed by atoms with van der Waals surface area (Å²) >= 11 is 1.65. The van der Waals surface area contributed by atoms with Crippen molar-refractivity contribution in [3.05, 3.63) is 118 Å². The number of aliphatic hydroxyl groups excluding tert-OH is 3. The molecule has 2 aliphatic carbocycles. The highest BCUT2D eigenvalue weighted by molar-refractivity contribution is 7.98. The van der Waals surface area contributed by atoms with Crippen LogP contribution in [0.15, 0.2) is 107 Å². The Morgan fingerprint density at radius 1 is 0.985 bits per heavy atom. The highest BCUT2D eigenvalue weighted by Gasteiger charge is 2.65. The second-order valence-corrected chi connectivity index (χ2v) is 18.4. The smallest absolute Gasteiger partial charge is 0.269 e. The van der Waals surface area contributed by atoms with Crippen LogP contribution in [0.5, 0.6) is 17.2 Å². The SMILES string of the molecule is C=CCO[C@@]12Oc3ccc(Oc4ccc(SC)cc4)cc3[C@H]3[C@H](CCCCO)[C@@H](CCCCO)C=C(C(=NOC4CCCCO4)C[C@@H]1N(CCOCCO)C(=O)C=Cc1ccc([N+](=O)[O-])cc1)[C@H]32. The van der Waals surface area contributed by atoms with Gasteiger partial charge in [-0.25, -0.2) is 0 Å². The third kappa shape index (κ3) is 12.2. The molecular weight excluding hydrogens is 891 g/mol. The first-order chi connectivity index (χ1) is 33.2. The van der Waals surface area contributed by atoms with Gasteiger partial charge in [0.1, 0.15) is 23.3 Å². The monoisotopic (exact) mass is 955 g/mol. The number of benzene rings is 3. The van der Waals surface area contributed by atoms with E-state index in [1.54, 1.807) is 40.9 Å². The zero-order chi connectivity index (χ0) is 47.9. The maximum Gasteiger partial charge on any atom is 0.269 e. The summed E-state index contributed by atoms with van der Waals surface area (Å²) in [7, 11) is 0. The van der Waals surface area contributed by atoms with Crippen molar-refractivity contribution in [1.29, 1.82) is 0 Å². The van der Waals surface area contributed by atoms with E-state index in [9.17, 15) is 30.2 Å². The molecule has 2 aliphatic heterocycles. The van der Waals surface area contributed by atoms with Crippen molar-refractivity contribution in [1.82, 2.24) is 4.90 Å². The molecule has 0 spiro atoms. The number of allylic oxidation sites excluding steroid dienone is 1. The second-order valence-electron chi connectivity index (χ2n) is 17.5. The molecule has 1 saturated carbocycles. The van der Waals surface area contributed by atoms with Crippen LogP contribution in [0.4, 0.5) is 5.69 Å². The van der Waals surface area contributed by atoms with E-state index in [-0.39, 0.29) is 76.0 Å². The zero-order valence-electron chi connectivity index (χ0n) is 38.8. The molecule has 1 amide bonds. The third-order valence-corrected chi connectivity index (χ3v) is 14.0. The van der Waals surface area contributed by atoms with Crippen LogP contribution in [0.3, 0.4) is 0 Å². The molecule has 68 heavy (non-hydrogen) atoms. The van der Waals surface area contributed by atoms with E-state index in [4.69, 9.17) is 33.7 Å². The van der Waals surface area contributed by atoms with E-state index in [0.717, 1.165) is 54.6 Å². The van der Waals surface area contributed by atoms with Gasteiger partial charge < -0.3 is 48.7 Å². The largest absolute Gasteiger partial charge is 0.459 e. The van der Waals surface area contributed by atoms with Gasteiger partial charge in [-0.05, 0) is 128 Å². The number of unbranched alkanes of at least 4 members (excludes halogenated alkanes) is 2. The number of carbonyl (C=O) groups is 1. The van der Waals surface area contributed by atoms with Crippen molar-refractivity contribution >= 4 is 35.1 Å². The first-order valence-electron chi connectivity index (χ1n) is 23.8. The number of fused-ring (bicyclic) bond motifs is 2. The lowest BCUT2D eigenvalue weighted by Gasteiger charge is -2.60. The summed E-state index contributed by atoms with van der Waals surface area (Å²) in [6.07, 6.45) is 15.5. The molecule has 3 aromatic rings. The van der Waals surface area contributed by atoms with Crippen molar-refractivity contribution in [3.8, 4) is 17.2 Å². The van der Waals surface area contributed by atoms with E-state index >= 15 is 0 Å². The van der Waals surface area contributed by atoms with Gasteiger partial charge in [-0.3, -0.25) is 14.9 Å². The van der Waals surface area contributed by atoms with Gasteiger partial charge >= 0.3 is 0 Å². The number of hydrogen-bond donors (Lipinski definition) is 3. The maximum absolute atomic E-state index is 15.0. The maximum atomic E-state index is 15.0. The number of nitro benzene ring substituents is 1. The topological polar surface area (TPSA) is 192 Å². The highest BCUT2D eigenvalue weighted by atomic mass is 32.2. The summed E-state index contributed by atoms with van der Waals surface area (Å²) in [5.74, 6) is -0.906. The number of non-ortho nitro benzene ring substituents is 1. The lowest BCUT2D eigenvalue weighted by Crippen LogP contribution is -2.70. The molecule has 2 heterocycles. The molecule has 1 saturated heterocycles.